The minimum absolute atomic E-state index is 0.0169. The number of nitrogens with zero attached hydrogens (tertiary/aromatic N) is 1. The maximum Gasteiger partial charge on any atom is 0.338 e. The summed E-state index contributed by atoms with van der Waals surface area (Å²) in [5.41, 5.74) is 1.80. The monoisotopic (exact) mass is 559 g/mol. The van der Waals surface area contributed by atoms with E-state index in [0.29, 0.717) is 40.1 Å². The molecule has 0 radical (unpaired) electrons. The molecule has 0 saturated carbocycles. The van der Waals surface area contributed by atoms with Gasteiger partial charge in [-0.3, -0.25) is 14.5 Å². The highest BCUT2D eigenvalue weighted by atomic mass is 79.9. The largest absolute Gasteiger partial charge is 0.490 e. The highest BCUT2D eigenvalue weighted by Gasteiger charge is 2.43. The lowest BCUT2D eigenvalue weighted by atomic mass is 9.98. The molecule has 0 aliphatic carbocycles. The number of benzene rings is 3. The number of carbonyl (C=O) groups is 2. The molecule has 0 spiro atoms. The van der Waals surface area contributed by atoms with E-state index in [2.05, 4.69) is 22.5 Å². The molecule has 0 bridgehead atoms. The number of fused-ring (bicyclic) bond motifs is 2. The molecule has 2 heterocycles. The molecular formula is C29H22BrNO6. The van der Waals surface area contributed by atoms with Crippen LogP contribution in [0.5, 0.6) is 5.75 Å². The van der Waals surface area contributed by atoms with Gasteiger partial charge in [-0.2, -0.15) is 0 Å². The Morgan fingerprint density at radius 1 is 1.11 bits per heavy atom. The van der Waals surface area contributed by atoms with Crippen LogP contribution in [0.2, 0.25) is 0 Å². The van der Waals surface area contributed by atoms with E-state index in [4.69, 9.17) is 13.9 Å². The molecule has 3 aromatic carbocycles. The van der Waals surface area contributed by atoms with Crippen molar-refractivity contribution in [1.82, 2.24) is 0 Å². The first-order chi connectivity index (χ1) is 17.9. The first-order valence-corrected chi connectivity index (χ1v) is 12.4. The molecule has 1 amide bonds. The van der Waals surface area contributed by atoms with Gasteiger partial charge in [0.15, 0.2) is 5.43 Å². The molecule has 0 fully saturated rings. The fourth-order valence-corrected chi connectivity index (χ4v) is 4.79. The Morgan fingerprint density at radius 3 is 2.62 bits per heavy atom. The molecule has 5 rings (SSSR count). The maximum atomic E-state index is 13.8. The van der Waals surface area contributed by atoms with E-state index in [1.54, 1.807) is 73.7 Å². The summed E-state index contributed by atoms with van der Waals surface area (Å²) in [5, 5.41) is 0.365. The van der Waals surface area contributed by atoms with Crippen molar-refractivity contribution in [2.75, 3.05) is 18.1 Å². The molecule has 1 aromatic heterocycles. The summed E-state index contributed by atoms with van der Waals surface area (Å²) >= 11 is 3.41. The van der Waals surface area contributed by atoms with Crippen molar-refractivity contribution in [3.8, 4) is 5.75 Å². The predicted molar refractivity (Wildman–Crippen MR) is 143 cm³/mol. The van der Waals surface area contributed by atoms with Gasteiger partial charge in [-0.05, 0) is 67.1 Å². The van der Waals surface area contributed by atoms with Crippen LogP contribution >= 0.6 is 15.9 Å². The van der Waals surface area contributed by atoms with Crippen molar-refractivity contribution in [3.05, 3.63) is 117 Å². The second kappa shape index (κ2) is 10.1. The molecule has 7 nitrogen and oxygen atoms in total. The number of hydrogen-bond acceptors (Lipinski definition) is 6. The smallest absolute Gasteiger partial charge is 0.338 e. The van der Waals surface area contributed by atoms with Crippen LogP contribution < -0.4 is 15.1 Å². The first-order valence-electron chi connectivity index (χ1n) is 11.6. The Labute approximate surface area is 221 Å². The van der Waals surface area contributed by atoms with Crippen LogP contribution in [0, 0.1) is 0 Å². The number of rotatable bonds is 7. The molecule has 1 atom stereocenters. The fourth-order valence-electron chi connectivity index (χ4n) is 4.43. The Bertz CT molecular complexity index is 1590. The fraction of sp³-hybridized carbons (Fsp3) is 0.138. The zero-order valence-corrected chi connectivity index (χ0v) is 21.5. The number of hydrogen-bond donors (Lipinski definition) is 0. The van der Waals surface area contributed by atoms with Gasteiger partial charge in [0.05, 0.1) is 29.2 Å². The molecule has 186 valence electrons. The third kappa shape index (κ3) is 4.44. The minimum Gasteiger partial charge on any atom is -0.490 e. The van der Waals surface area contributed by atoms with Crippen LogP contribution in [0.15, 0.2) is 93.1 Å². The van der Waals surface area contributed by atoms with Crippen LogP contribution in [0.3, 0.4) is 0 Å². The summed E-state index contributed by atoms with van der Waals surface area (Å²) in [6, 6.07) is 18.0. The van der Waals surface area contributed by atoms with Crippen molar-refractivity contribution < 1.29 is 23.5 Å². The lowest BCUT2D eigenvalue weighted by Gasteiger charge is -2.25. The third-order valence-corrected chi connectivity index (χ3v) is 6.52. The summed E-state index contributed by atoms with van der Waals surface area (Å²) in [4.78, 5) is 41.2. The molecule has 1 aliphatic rings. The van der Waals surface area contributed by atoms with Crippen LogP contribution in [0.4, 0.5) is 5.69 Å². The van der Waals surface area contributed by atoms with E-state index in [0.717, 1.165) is 4.47 Å². The number of carbonyl (C=O) groups excluding carboxylic acids is 2. The van der Waals surface area contributed by atoms with Gasteiger partial charge in [-0.25, -0.2) is 4.79 Å². The lowest BCUT2D eigenvalue weighted by molar-refractivity contribution is 0.0526. The van der Waals surface area contributed by atoms with E-state index < -0.39 is 17.9 Å². The van der Waals surface area contributed by atoms with Gasteiger partial charge in [0.25, 0.3) is 5.91 Å². The Kier molecular flexibility index (Phi) is 6.67. The van der Waals surface area contributed by atoms with Crippen molar-refractivity contribution in [3.63, 3.8) is 0 Å². The zero-order valence-electron chi connectivity index (χ0n) is 19.9. The lowest BCUT2D eigenvalue weighted by Crippen LogP contribution is -2.29. The van der Waals surface area contributed by atoms with E-state index in [1.807, 2.05) is 6.07 Å². The Morgan fingerprint density at radius 2 is 1.89 bits per heavy atom. The summed E-state index contributed by atoms with van der Waals surface area (Å²) in [7, 11) is 0. The summed E-state index contributed by atoms with van der Waals surface area (Å²) in [5.74, 6) is -0.355. The van der Waals surface area contributed by atoms with Gasteiger partial charge < -0.3 is 13.9 Å². The van der Waals surface area contributed by atoms with Crippen LogP contribution in [-0.2, 0) is 4.74 Å². The highest BCUT2D eigenvalue weighted by molar-refractivity contribution is 9.10. The van der Waals surface area contributed by atoms with E-state index in [9.17, 15) is 14.4 Å². The van der Waals surface area contributed by atoms with Crippen molar-refractivity contribution in [1.29, 1.82) is 0 Å². The standard InChI is InChI=1S/C29H22BrNO6/c1-3-14-36-21-7-5-6-18(15-21)25-24-26(32)22-16-19(30)10-13-23(22)37-27(24)28(33)31(25)20-11-8-17(9-12-20)29(34)35-4-2/h3,5-13,15-16,25H,1,4,14H2,2H3. The number of halogens is 1. The maximum absolute atomic E-state index is 13.8. The second-order valence-corrected chi connectivity index (χ2v) is 9.25. The predicted octanol–water partition coefficient (Wildman–Crippen LogP) is 6.05. The second-order valence-electron chi connectivity index (χ2n) is 8.33. The third-order valence-electron chi connectivity index (χ3n) is 6.03. The molecule has 37 heavy (non-hydrogen) atoms. The molecule has 1 unspecified atom stereocenters. The van der Waals surface area contributed by atoms with E-state index in [1.165, 1.54) is 4.90 Å². The molecule has 4 aromatic rings. The van der Waals surface area contributed by atoms with Crippen molar-refractivity contribution in [2.45, 2.75) is 13.0 Å². The normalized spacial score (nSPS) is 14.5. The van der Waals surface area contributed by atoms with Crippen LogP contribution in [0.25, 0.3) is 11.0 Å². The van der Waals surface area contributed by atoms with Gasteiger partial charge in [0.2, 0.25) is 5.76 Å². The average Bonchev–Trinajstić information content (AvgIpc) is 3.20. The summed E-state index contributed by atoms with van der Waals surface area (Å²) in [6.07, 6.45) is 1.64. The molecule has 8 heteroatoms. The molecular weight excluding hydrogens is 538 g/mol. The minimum atomic E-state index is -0.775. The molecule has 1 aliphatic heterocycles. The van der Waals surface area contributed by atoms with Gasteiger partial charge in [-0.15, -0.1) is 0 Å². The van der Waals surface area contributed by atoms with E-state index >= 15 is 0 Å². The number of amides is 1. The van der Waals surface area contributed by atoms with Crippen LogP contribution in [0.1, 0.15) is 45.0 Å². The summed E-state index contributed by atoms with van der Waals surface area (Å²) < 4.78 is 17.5. The highest BCUT2D eigenvalue weighted by Crippen LogP contribution is 2.42. The van der Waals surface area contributed by atoms with Crippen molar-refractivity contribution >= 4 is 44.5 Å². The van der Waals surface area contributed by atoms with E-state index in [-0.39, 0.29) is 23.4 Å². The Balaban J connectivity index is 1.69. The quantitative estimate of drug-likeness (QED) is 0.202. The molecule has 0 N–H and O–H groups in total. The molecule has 0 saturated heterocycles. The van der Waals surface area contributed by atoms with Gasteiger partial charge in [0.1, 0.15) is 17.9 Å². The first kappa shape index (κ1) is 24.5. The SMILES string of the molecule is C=CCOc1cccc(C2c3c(oc4ccc(Br)cc4c3=O)C(=O)N2c2ccc(C(=O)OCC)cc2)c1. The number of anilines is 1. The zero-order chi connectivity index (χ0) is 26.1. The summed E-state index contributed by atoms with van der Waals surface area (Å²) in [6.45, 7) is 5.97. The van der Waals surface area contributed by atoms with Crippen LogP contribution in [-0.4, -0.2) is 25.1 Å². The number of esters is 1. The number of ether oxygens (including phenoxy) is 2. The van der Waals surface area contributed by atoms with Gasteiger partial charge in [-0.1, -0.05) is 40.7 Å². The average molecular weight is 560 g/mol. The van der Waals surface area contributed by atoms with Gasteiger partial charge >= 0.3 is 5.97 Å². The van der Waals surface area contributed by atoms with Crippen molar-refractivity contribution in [2.24, 2.45) is 0 Å². The van der Waals surface area contributed by atoms with Gasteiger partial charge in [0, 0.05) is 10.2 Å². The topological polar surface area (TPSA) is 86.0 Å². The Hall–Kier alpha value is -4.17.